The van der Waals surface area contributed by atoms with E-state index in [4.69, 9.17) is 9.15 Å². The van der Waals surface area contributed by atoms with Crippen molar-refractivity contribution >= 4 is 22.8 Å². The summed E-state index contributed by atoms with van der Waals surface area (Å²) in [5.74, 6) is 0.466. The molecule has 0 bridgehead atoms. The van der Waals surface area contributed by atoms with E-state index in [1.807, 2.05) is 54.6 Å². The van der Waals surface area contributed by atoms with Crippen LogP contribution in [0.5, 0.6) is 0 Å². The molecule has 182 valence electrons. The maximum Gasteiger partial charge on any atom is 0.250 e. The van der Waals surface area contributed by atoms with Crippen molar-refractivity contribution < 1.29 is 18.7 Å². The molecular formula is C26H29N5O4. The first-order valence-electron chi connectivity index (χ1n) is 11.5. The Bertz CT molecular complexity index is 1270. The van der Waals surface area contributed by atoms with E-state index in [0.29, 0.717) is 43.2 Å². The summed E-state index contributed by atoms with van der Waals surface area (Å²) in [5, 5.41) is 11.2. The Morgan fingerprint density at radius 2 is 1.86 bits per heavy atom. The maximum absolute atomic E-state index is 13.7. The first-order chi connectivity index (χ1) is 17.1. The monoisotopic (exact) mass is 475 g/mol. The lowest BCUT2D eigenvalue weighted by Gasteiger charge is -2.30. The second-order valence-electron chi connectivity index (χ2n) is 8.19. The van der Waals surface area contributed by atoms with Crippen LogP contribution in [-0.2, 0) is 27.3 Å². The number of methoxy groups -OCH3 is 1. The third-order valence-corrected chi connectivity index (χ3v) is 5.71. The molecule has 0 radical (unpaired) electrons. The van der Waals surface area contributed by atoms with Gasteiger partial charge in [0, 0.05) is 20.2 Å². The Kier molecular flexibility index (Phi) is 7.89. The number of para-hydroxylation sites is 1. The van der Waals surface area contributed by atoms with E-state index in [1.54, 1.807) is 35.7 Å². The molecule has 4 rings (SSSR count). The number of aromatic nitrogens is 3. The summed E-state index contributed by atoms with van der Waals surface area (Å²) in [6.07, 6.45) is 0.576. The fraction of sp³-hybridized carbons (Fsp3) is 0.308. The van der Waals surface area contributed by atoms with Gasteiger partial charge in [-0.2, -0.15) is 0 Å². The van der Waals surface area contributed by atoms with Gasteiger partial charge in [0.2, 0.25) is 5.91 Å². The van der Waals surface area contributed by atoms with Crippen LogP contribution in [0.15, 0.2) is 71.1 Å². The van der Waals surface area contributed by atoms with Gasteiger partial charge in [0.05, 0.1) is 12.1 Å². The highest BCUT2D eigenvalue weighted by Gasteiger charge is 2.34. The van der Waals surface area contributed by atoms with Crippen LogP contribution in [0.3, 0.4) is 0 Å². The van der Waals surface area contributed by atoms with Crippen molar-refractivity contribution in [1.82, 2.24) is 25.2 Å². The highest BCUT2D eigenvalue weighted by Crippen LogP contribution is 2.25. The molecule has 2 heterocycles. The van der Waals surface area contributed by atoms with Gasteiger partial charge in [-0.1, -0.05) is 47.7 Å². The molecule has 0 saturated carbocycles. The van der Waals surface area contributed by atoms with Crippen LogP contribution in [0, 0.1) is 6.92 Å². The standard InChI is InChI=1S/C26H29N5O4/c1-19-12-13-23(35-19)25(26(33)27-15-17-34-2)30(16-14-20-8-4-3-5-9-20)24(32)18-31-22-11-7-6-10-21(22)28-29-31/h3-13,25H,14-18H2,1-2H3,(H,27,33). The van der Waals surface area contributed by atoms with E-state index in [-0.39, 0.29) is 18.4 Å². The lowest BCUT2D eigenvalue weighted by Crippen LogP contribution is -2.46. The van der Waals surface area contributed by atoms with Crippen LogP contribution in [0.2, 0.25) is 0 Å². The Morgan fingerprint density at radius 1 is 1.09 bits per heavy atom. The van der Waals surface area contributed by atoms with E-state index in [2.05, 4.69) is 15.6 Å². The number of carbonyl (C=O) groups is 2. The summed E-state index contributed by atoms with van der Waals surface area (Å²) < 4.78 is 12.5. The minimum Gasteiger partial charge on any atom is -0.464 e. The van der Waals surface area contributed by atoms with Crippen molar-refractivity contribution in [3.8, 4) is 0 Å². The number of ether oxygens (including phenoxy) is 1. The van der Waals surface area contributed by atoms with Gasteiger partial charge < -0.3 is 19.4 Å². The van der Waals surface area contributed by atoms with Crippen molar-refractivity contribution in [3.63, 3.8) is 0 Å². The molecule has 2 amide bonds. The molecule has 1 atom stereocenters. The van der Waals surface area contributed by atoms with Gasteiger partial charge in [0.1, 0.15) is 23.6 Å². The average molecular weight is 476 g/mol. The Hall–Kier alpha value is -3.98. The summed E-state index contributed by atoms with van der Waals surface area (Å²) in [4.78, 5) is 28.6. The molecule has 9 heteroatoms. The van der Waals surface area contributed by atoms with E-state index in [9.17, 15) is 9.59 Å². The Morgan fingerprint density at radius 3 is 2.60 bits per heavy atom. The number of fused-ring (bicyclic) bond motifs is 1. The van der Waals surface area contributed by atoms with Crippen LogP contribution < -0.4 is 5.32 Å². The van der Waals surface area contributed by atoms with Crippen LogP contribution in [0.1, 0.15) is 23.1 Å². The van der Waals surface area contributed by atoms with Gasteiger partial charge in [0.25, 0.3) is 5.91 Å². The first-order valence-corrected chi connectivity index (χ1v) is 11.5. The number of nitrogens with one attached hydrogen (secondary N) is 1. The van der Waals surface area contributed by atoms with Gasteiger partial charge >= 0.3 is 0 Å². The molecule has 2 aromatic carbocycles. The molecule has 4 aromatic rings. The van der Waals surface area contributed by atoms with Crippen molar-refractivity contribution in [3.05, 3.63) is 83.8 Å². The third kappa shape index (κ3) is 5.93. The minimum atomic E-state index is -0.938. The zero-order valence-corrected chi connectivity index (χ0v) is 19.9. The van der Waals surface area contributed by atoms with Crippen molar-refractivity contribution in [2.45, 2.75) is 25.9 Å². The zero-order valence-electron chi connectivity index (χ0n) is 19.9. The van der Waals surface area contributed by atoms with Crippen molar-refractivity contribution in [2.24, 2.45) is 0 Å². The highest BCUT2D eigenvalue weighted by atomic mass is 16.5. The van der Waals surface area contributed by atoms with E-state index < -0.39 is 6.04 Å². The minimum absolute atomic E-state index is 0.0587. The predicted molar refractivity (Wildman–Crippen MR) is 130 cm³/mol. The third-order valence-electron chi connectivity index (χ3n) is 5.71. The van der Waals surface area contributed by atoms with Gasteiger partial charge in [-0.05, 0) is 43.2 Å². The molecule has 1 unspecified atom stereocenters. The predicted octanol–water partition coefficient (Wildman–Crippen LogP) is 2.91. The summed E-state index contributed by atoms with van der Waals surface area (Å²) in [7, 11) is 1.57. The number of rotatable bonds is 11. The molecule has 9 nitrogen and oxygen atoms in total. The SMILES string of the molecule is COCCNC(=O)C(c1ccc(C)o1)N(CCc1ccccc1)C(=O)Cn1nnc2ccccc21. The number of hydrogen-bond acceptors (Lipinski definition) is 6. The number of hydrogen-bond donors (Lipinski definition) is 1. The van der Waals surface area contributed by atoms with Gasteiger partial charge in [0.15, 0.2) is 6.04 Å². The Labute approximate surface area is 203 Å². The lowest BCUT2D eigenvalue weighted by atomic mass is 10.1. The molecule has 0 spiro atoms. The first kappa shape index (κ1) is 24.2. The van der Waals surface area contributed by atoms with Crippen molar-refractivity contribution in [1.29, 1.82) is 0 Å². The van der Waals surface area contributed by atoms with E-state index in [1.165, 1.54) is 0 Å². The fourth-order valence-electron chi connectivity index (χ4n) is 3.94. The van der Waals surface area contributed by atoms with Gasteiger partial charge in [-0.3, -0.25) is 9.59 Å². The second kappa shape index (κ2) is 11.4. The van der Waals surface area contributed by atoms with E-state index in [0.717, 1.165) is 11.1 Å². The Balaban J connectivity index is 1.65. The van der Waals surface area contributed by atoms with Gasteiger partial charge in [-0.25, -0.2) is 4.68 Å². The van der Waals surface area contributed by atoms with Crippen LogP contribution in [0.4, 0.5) is 0 Å². The molecule has 0 aliphatic rings. The topological polar surface area (TPSA) is 102 Å². The lowest BCUT2D eigenvalue weighted by molar-refractivity contribution is -0.142. The quantitative estimate of drug-likeness (QED) is 0.335. The molecule has 1 N–H and O–H groups in total. The summed E-state index contributed by atoms with van der Waals surface area (Å²) in [5.41, 5.74) is 2.51. The second-order valence-corrected chi connectivity index (χ2v) is 8.19. The number of benzene rings is 2. The smallest absolute Gasteiger partial charge is 0.250 e. The van der Waals surface area contributed by atoms with Gasteiger partial charge in [-0.15, -0.1) is 5.10 Å². The molecule has 2 aromatic heterocycles. The summed E-state index contributed by atoms with van der Waals surface area (Å²) in [6, 6.07) is 19.9. The van der Waals surface area contributed by atoms with Crippen LogP contribution in [-0.4, -0.2) is 58.5 Å². The molecule has 0 aliphatic heterocycles. The fourth-order valence-corrected chi connectivity index (χ4v) is 3.94. The highest BCUT2D eigenvalue weighted by molar-refractivity contribution is 5.88. The molecule has 0 saturated heterocycles. The van der Waals surface area contributed by atoms with Crippen molar-refractivity contribution in [2.75, 3.05) is 26.8 Å². The van der Waals surface area contributed by atoms with Crippen LogP contribution >= 0.6 is 0 Å². The number of aryl methyl sites for hydroxylation is 1. The number of amides is 2. The number of nitrogens with zero attached hydrogens (tertiary/aromatic N) is 4. The largest absolute Gasteiger partial charge is 0.464 e. The normalized spacial score (nSPS) is 11.9. The average Bonchev–Trinajstić information content (AvgIpc) is 3.48. The molecule has 35 heavy (non-hydrogen) atoms. The zero-order chi connectivity index (χ0) is 24.6. The molecule has 0 fully saturated rings. The summed E-state index contributed by atoms with van der Waals surface area (Å²) >= 11 is 0. The molecular weight excluding hydrogens is 446 g/mol. The molecule has 0 aliphatic carbocycles. The summed E-state index contributed by atoms with van der Waals surface area (Å²) in [6.45, 7) is 2.74. The number of furan rings is 1. The van der Waals surface area contributed by atoms with E-state index >= 15 is 0 Å². The maximum atomic E-state index is 13.7. The number of carbonyl (C=O) groups excluding carboxylic acids is 2. The van der Waals surface area contributed by atoms with Crippen LogP contribution in [0.25, 0.3) is 11.0 Å².